The molecular formula is C22H27N8O11P. The fraction of sp³-hybridized carbons (Fsp3) is 0.455. The SMILES string of the molecule is Nc1nc2c(ccn2[C@@H]2O[C@H](CO)[C@@H](O)[C@H]2OP(=O)(O)OC[C@H]2O[C@@H](n3ccc4c(N)ncnc43)[C@H](O)[C@@H]2O)c(=O)[nH]1. The van der Waals surface area contributed by atoms with Crippen LogP contribution in [0.25, 0.3) is 22.1 Å². The third-order valence-corrected chi connectivity index (χ3v) is 8.16. The van der Waals surface area contributed by atoms with Crippen LogP contribution in [0.3, 0.4) is 0 Å². The fourth-order valence-electron chi connectivity index (χ4n) is 5.12. The van der Waals surface area contributed by atoms with Crippen molar-refractivity contribution in [2.45, 2.75) is 49.1 Å². The van der Waals surface area contributed by atoms with Gasteiger partial charge in [0.2, 0.25) is 5.95 Å². The molecule has 0 aromatic carbocycles. The zero-order valence-electron chi connectivity index (χ0n) is 21.4. The highest BCUT2D eigenvalue weighted by atomic mass is 31.2. The van der Waals surface area contributed by atoms with Gasteiger partial charge in [-0.1, -0.05) is 0 Å². The zero-order chi connectivity index (χ0) is 29.9. The lowest BCUT2D eigenvalue weighted by Gasteiger charge is -2.25. The van der Waals surface area contributed by atoms with Gasteiger partial charge in [-0.3, -0.25) is 18.8 Å². The molecule has 2 saturated heterocycles. The Kier molecular flexibility index (Phi) is 7.26. The minimum Gasteiger partial charge on any atom is -0.394 e. The summed E-state index contributed by atoms with van der Waals surface area (Å²) in [5, 5.41) is 42.2. The lowest BCUT2D eigenvalue weighted by molar-refractivity contribution is -0.0613. The Balaban J connectivity index is 1.19. The lowest BCUT2D eigenvalue weighted by atomic mass is 10.1. The predicted octanol–water partition coefficient (Wildman–Crippen LogP) is -2.29. The minimum atomic E-state index is -5.02. The van der Waals surface area contributed by atoms with Gasteiger partial charge in [0.05, 0.1) is 24.0 Å². The average molecular weight is 610 g/mol. The number of rotatable bonds is 8. The van der Waals surface area contributed by atoms with E-state index in [1.54, 1.807) is 6.07 Å². The van der Waals surface area contributed by atoms with Crippen LogP contribution in [0.4, 0.5) is 11.8 Å². The van der Waals surface area contributed by atoms with Crippen LogP contribution >= 0.6 is 7.82 Å². The fourth-order valence-corrected chi connectivity index (χ4v) is 6.05. The monoisotopic (exact) mass is 610 g/mol. The molecule has 20 heteroatoms. The number of ether oxygens (including phenoxy) is 2. The Hall–Kier alpha value is -3.49. The number of nitrogens with one attached hydrogen (secondary N) is 1. The van der Waals surface area contributed by atoms with Crippen molar-refractivity contribution in [2.75, 3.05) is 24.7 Å². The van der Waals surface area contributed by atoms with Crippen molar-refractivity contribution in [1.82, 2.24) is 29.1 Å². The Bertz CT molecular complexity index is 1730. The van der Waals surface area contributed by atoms with Crippen molar-refractivity contribution >= 4 is 41.7 Å². The maximum Gasteiger partial charge on any atom is 0.472 e. The van der Waals surface area contributed by atoms with E-state index in [0.717, 1.165) is 0 Å². The number of H-pyrrole nitrogens is 1. The Labute approximate surface area is 234 Å². The van der Waals surface area contributed by atoms with E-state index in [4.69, 9.17) is 30.0 Å². The van der Waals surface area contributed by atoms with Gasteiger partial charge in [0.15, 0.2) is 18.1 Å². The van der Waals surface area contributed by atoms with E-state index in [1.165, 1.54) is 33.9 Å². The molecule has 0 saturated carbocycles. The predicted molar refractivity (Wildman–Crippen MR) is 140 cm³/mol. The van der Waals surface area contributed by atoms with Gasteiger partial charge in [-0.15, -0.1) is 0 Å². The van der Waals surface area contributed by atoms with Crippen LogP contribution in [0, 0.1) is 0 Å². The number of aliphatic hydroxyl groups excluding tert-OH is 4. The molecule has 6 rings (SSSR count). The van der Waals surface area contributed by atoms with Crippen LogP contribution < -0.4 is 17.0 Å². The van der Waals surface area contributed by atoms with Crippen molar-refractivity contribution in [3.05, 3.63) is 41.2 Å². The van der Waals surface area contributed by atoms with Gasteiger partial charge in [-0.25, -0.2) is 14.5 Å². The van der Waals surface area contributed by atoms with Gasteiger partial charge in [0, 0.05) is 12.4 Å². The first-order chi connectivity index (χ1) is 20.0. The minimum absolute atomic E-state index is 0.0291. The molecule has 19 nitrogen and oxygen atoms in total. The Morgan fingerprint density at radius 3 is 2.40 bits per heavy atom. The van der Waals surface area contributed by atoms with Crippen LogP contribution in [-0.4, -0.2) is 104 Å². The van der Waals surface area contributed by atoms with Gasteiger partial charge in [-0.05, 0) is 12.1 Å². The van der Waals surface area contributed by atoms with Gasteiger partial charge in [-0.2, -0.15) is 4.98 Å². The molecule has 1 unspecified atom stereocenters. The van der Waals surface area contributed by atoms with E-state index in [2.05, 4.69) is 19.9 Å². The van der Waals surface area contributed by atoms with Gasteiger partial charge >= 0.3 is 7.82 Å². The number of aromatic nitrogens is 6. The second kappa shape index (κ2) is 10.7. The van der Waals surface area contributed by atoms with Crippen molar-refractivity contribution in [3.8, 4) is 0 Å². The van der Waals surface area contributed by atoms with Crippen LogP contribution in [0.15, 0.2) is 35.6 Å². The molecule has 9 atom stereocenters. The number of hydrogen-bond acceptors (Lipinski definition) is 15. The summed E-state index contributed by atoms with van der Waals surface area (Å²) in [5.74, 6) is -0.0124. The number of fused-ring (bicyclic) bond motifs is 2. The summed E-state index contributed by atoms with van der Waals surface area (Å²) in [6, 6.07) is 3.00. The van der Waals surface area contributed by atoms with Crippen molar-refractivity contribution < 1.29 is 48.4 Å². The molecule has 6 heterocycles. The first-order valence-corrected chi connectivity index (χ1v) is 14.0. The number of hydrogen-bond donors (Lipinski definition) is 8. The van der Waals surface area contributed by atoms with Crippen molar-refractivity contribution in [1.29, 1.82) is 0 Å². The molecule has 42 heavy (non-hydrogen) atoms. The highest BCUT2D eigenvalue weighted by molar-refractivity contribution is 7.47. The molecule has 0 amide bonds. The molecular weight excluding hydrogens is 583 g/mol. The maximum atomic E-state index is 13.0. The lowest BCUT2D eigenvalue weighted by Crippen LogP contribution is -2.36. The van der Waals surface area contributed by atoms with Crippen molar-refractivity contribution in [3.63, 3.8) is 0 Å². The number of nitrogens with zero attached hydrogens (tertiary/aromatic N) is 5. The Morgan fingerprint density at radius 2 is 1.67 bits per heavy atom. The first kappa shape index (κ1) is 28.6. The number of nitrogen functional groups attached to an aromatic ring is 2. The molecule has 10 N–H and O–H groups in total. The molecule has 4 aromatic rings. The van der Waals surface area contributed by atoms with E-state index >= 15 is 0 Å². The molecule has 226 valence electrons. The van der Waals surface area contributed by atoms with Crippen LogP contribution in [0.5, 0.6) is 0 Å². The third-order valence-electron chi connectivity index (χ3n) is 7.18. The summed E-state index contributed by atoms with van der Waals surface area (Å²) >= 11 is 0. The number of phosphoric ester groups is 1. The molecule has 4 aromatic heterocycles. The number of aromatic amines is 1. The summed E-state index contributed by atoms with van der Waals surface area (Å²) in [7, 11) is -5.02. The normalized spacial score (nSPS) is 31.3. The van der Waals surface area contributed by atoms with E-state index in [9.17, 15) is 34.7 Å². The van der Waals surface area contributed by atoms with Gasteiger partial charge in [0.1, 0.15) is 54.4 Å². The summed E-state index contributed by atoms with van der Waals surface area (Å²) in [4.78, 5) is 37.2. The molecule has 0 aliphatic carbocycles. The molecule has 2 aliphatic rings. The summed E-state index contributed by atoms with van der Waals surface area (Å²) in [5.41, 5.74) is 11.3. The van der Waals surface area contributed by atoms with Crippen LogP contribution in [0.1, 0.15) is 12.5 Å². The molecule has 0 spiro atoms. The van der Waals surface area contributed by atoms with Gasteiger partial charge in [0.25, 0.3) is 5.56 Å². The summed E-state index contributed by atoms with van der Waals surface area (Å²) in [6.07, 6.45) is -7.12. The van der Waals surface area contributed by atoms with E-state index in [-0.39, 0.29) is 22.8 Å². The van der Waals surface area contributed by atoms with E-state index in [1.807, 2.05) is 0 Å². The maximum absolute atomic E-state index is 13.0. The van der Waals surface area contributed by atoms with Crippen LogP contribution in [0.2, 0.25) is 0 Å². The van der Waals surface area contributed by atoms with Gasteiger partial charge < -0.3 is 55.4 Å². The second-order valence-corrected chi connectivity index (χ2v) is 11.2. The number of anilines is 2. The largest absolute Gasteiger partial charge is 0.472 e. The number of aliphatic hydroxyl groups is 4. The smallest absolute Gasteiger partial charge is 0.394 e. The summed E-state index contributed by atoms with van der Waals surface area (Å²) < 4.78 is 37.5. The third kappa shape index (κ3) is 4.84. The number of nitrogens with two attached hydrogens (primary N) is 2. The molecule has 2 fully saturated rings. The average Bonchev–Trinajstić information content (AvgIpc) is 3.69. The molecule has 2 aliphatic heterocycles. The molecule has 0 radical (unpaired) electrons. The second-order valence-electron chi connectivity index (χ2n) is 9.75. The van der Waals surface area contributed by atoms with E-state index in [0.29, 0.717) is 11.0 Å². The first-order valence-electron chi connectivity index (χ1n) is 12.5. The topological polar surface area (TPSA) is 289 Å². The van der Waals surface area contributed by atoms with E-state index < -0.39 is 75.7 Å². The zero-order valence-corrected chi connectivity index (χ0v) is 22.3. The highest BCUT2D eigenvalue weighted by Crippen LogP contribution is 2.50. The van der Waals surface area contributed by atoms with Crippen molar-refractivity contribution in [2.24, 2.45) is 0 Å². The van der Waals surface area contributed by atoms with Crippen LogP contribution in [-0.2, 0) is 23.1 Å². The quantitative estimate of drug-likeness (QED) is 0.0974. The Morgan fingerprint density at radius 1 is 0.976 bits per heavy atom. The molecule has 0 bridgehead atoms. The number of phosphoric acid groups is 1. The highest BCUT2D eigenvalue weighted by Gasteiger charge is 2.50. The summed E-state index contributed by atoms with van der Waals surface area (Å²) in [6.45, 7) is -1.38. The standard InChI is InChI=1S/C22H27N8O11P/c23-16-8-1-3-29(17(8)26-7-25-16)20-14(34)12(32)11(40-20)6-38-42(36,37)41-15-13(33)10(5-31)39-21(15)30-4-2-9-18(30)27-22(24)28-19(9)35/h1-4,7,10-15,20-21,31-34H,5-6H2,(H,36,37)(H2,23,25,26)(H3,24,27,28,35)/t10-,11-,12-,13-,14-,15-,20-,21-/m1/s1.